The first-order chi connectivity index (χ1) is 13.7. The van der Waals surface area contributed by atoms with Crippen molar-refractivity contribution in [2.45, 2.75) is 19.4 Å². The van der Waals surface area contributed by atoms with Gasteiger partial charge in [-0.1, -0.05) is 6.07 Å². The number of nitrogens with zero attached hydrogens (tertiary/aromatic N) is 4. The van der Waals surface area contributed by atoms with Gasteiger partial charge in [0, 0.05) is 38.6 Å². The van der Waals surface area contributed by atoms with Gasteiger partial charge in [-0.15, -0.1) is 10.2 Å². The van der Waals surface area contributed by atoms with Crippen molar-refractivity contribution in [2.24, 2.45) is 5.92 Å². The highest BCUT2D eigenvalue weighted by Crippen LogP contribution is 2.33. The molecule has 0 atom stereocenters. The highest BCUT2D eigenvalue weighted by atomic mass is 16.7. The van der Waals surface area contributed by atoms with Crippen molar-refractivity contribution >= 4 is 17.5 Å². The van der Waals surface area contributed by atoms with Gasteiger partial charge in [0.15, 0.2) is 23.1 Å². The largest absolute Gasteiger partial charge is 0.454 e. The monoisotopic (exact) mass is 381 g/mol. The first kappa shape index (κ1) is 17.2. The third-order valence-electron chi connectivity index (χ3n) is 5.39. The average Bonchev–Trinajstić information content (AvgIpc) is 3.48. The van der Waals surface area contributed by atoms with Crippen molar-refractivity contribution in [2.75, 3.05) is 43.2 Å². The second-order valence-corrected chi connectivity index (χ2v) is 7.49. The topological polar surface area (TPSA) is 79.8 Å². The first-order valence-corrected chi connectivity index (χ1v) is 9.75. The maximum atomic E-state index is 11.8. The zero-order valence-corrected chi connectivity index (χ0v) is 15.6. The van der Waals surface area contributed by atoms with E-state index in [1.54, 1.807) is 0 Å². The Labute approximate surface area is 163 Å². The number of carbonyl (C=O) groups is 1. The molecule has 3 heterocycles. The van der Waals surface area contributed by atoms with E-state index < -0.39 is 0 Å². The van der Waals surface area contributed by atoms with Gasteiger partial charge in [0.25, 0.3) is 0 Å². The highest BCUT2D eigenvalue weighted by Gasteiger charge is 2.30. The third kappa shape index (κ3) is 3.73. The number of hydrogen-bond acceptors (Lipinski definition) is 7. The van der Waals surface area contributed by atoms with E-state index in [1.165, 1.54) is 5.56 Å². The molecule has 2 aromatic rings. The number of ether oxygens (including phenoxy) is 2. The van der Waals surface area contributed by atoms with Gasteiger partial charge in [-0.05, 0) is 42.7 Å². The normalized spacial score (nSPS) is 18.9. The molecule has 1 saturated heterocycles. The molecular weight excluding hydrogens is 358 g/mol. The summed E-state index contributed by atoms with van der Waals surface area (Å²) in [5.74, 6) is 3.26. The number of benzene rings is 1. The Bertz CT molecular complexity index is 861. The molecule has 8 heteroatoms. The molecule has 2 aliphatic heterocycles. The fourth-order valence-corrected chi connectivity index (χ4v) is 3.57. The molecule has 1 aromatic heterocycles. The summed E-state index contributed by atoms with van der Waals surface area (Å²) in [5.41, 5.74) is 1.23. The molecule has 0 unspecified atom stereocenters. The fraction of sp³-hybridized carbons (Fsp3) is 0.450. The standard InChI is InChI=1S/C20H23N5O3/c26-20(15-2-3-15)21-18-5-6-19(23-22-18)25-9-7-24(8-10-25)12-14-1-4-16-17(11-14)28-13-27-16/h1,4-6,11,15H,2-3,7-10,12-13H2,(H,21,22,26). The Morgan fingerprint density at radius 2 is 1.86 bits per heavy atom. The Morgan fingerprint density at radius 3 is 2.61 bits per heavy atom. The zero-order chi connectivity index (χ0) is 18.9. The molecular formula is C20H23N5O3. The molecule has 146 valence electrons. The van der Waals surface area contributed by atoms with Crippen LogP contribution < -0.4 is 19.7 Å². The molecule has 1 amide bonds. The Morgan fingerprint density at radius 1 is 1.04 bits per heavy atom. The number of amides is 1. The van der Waals surface area contributed by atoms with Gasteiger partial charge < -0.3 is 19.7 Å². The van der Waals surface area contributed by atoms with Crippen molar-refractivity contribution in [3.63, 3.8) is 0 Å². The summed E-state index contributed by atoms with van der Waals surface area (Å²) < 4.78 is 10.8. The van der Waals surface area contributed by atoms with Crippen molar-refractivity contribution in [1.82, 2.24) is 15.1 Å². The van der Waals surface area contributed by atoms with Crippen LogP contribution in [-0.2, 0) is 11.3 Å². The number of aromatic nitrogens is 2. The van der Waals surface area contributed by atoms with Crippen LogP contribution in [0.3, 0.4) is 0 Å². The molecule has 2 fully saturated rings. The number of rotatable bonds is 5. The molecule has 1 aliphatic carbocycles. The maximum absolute atomic E-state index is 11.8. The summed E-state index contributed by atoms with van der Waals surface area (Å²) in [6.45, 7) is 4.90. The van der Waals surface area contributed by atoms with Gasteiger partial charge >= 0.3 is 0 Å². The van der Waals surface area contributed by atoms with Crippen LogP contribution in [0.1, 0.15) is 18.4 Å². The summed E-state index contributed by atoms with van der Waals surface area (Å²) in [6.07, 6.45) is 1.96. The zero-order valence-electron chi connectivity index (χ0n) is 15.6. The van der Waals surface area contributed by atoms with Crippen molar-refractivity contribution in [3.05, 3.63) is 35.9 Å². The van der Waals surface area contributed by atoms with E-state index in [2.05, 4.69) is 37.4 Å². The lowest BCUT2D eigenvalue weighted by molar-refractivity contribution is -0.117. The van der Waals surface area contributed by atoms with Crippen LogP contribution in [0.4, 0.5) is 11.6 Å². The van der Waals surface area contributed by atoms with Crippen LogP contribution in [-0.4, -0.2) is 54.0 Å². The first-order valence-electron chi connectivity index (χ1n) is 9.75. The smallest absolute Gasteiger partial charge is 0.231 e. The predicted molar refractivity (Wildman–Crippen MR) is 103 cm³/mol. The van der Waals surface area contributed by atoms with Gasteiger partial charge in [0.05, 0.1) is 0 Å². The second-order valence-electron chi connectivity index (χ2n) is 7.49. The third-order valence-corrected chi connectivity index (χ3v) is 5.39. The molecule has 1 aromatic carbocycles. The van der Waals surface area contributed by atoms with E-state index in [0.717, 1.165) is 62.9 Å². The number of carbonyl (C=O) groups excluding carboxylic acids is 1. The highest BCUT2D eigenvalue weighted by molar-refractivity contribution is 5.93. The Hall–Kier alpha value is -2.87. The fourth-order valence-electron chi connectivity index (χ4n) is 3.57. The van der Waals surface area contributed by atoms with Gasteiger partial charge in [0.2, 0.25) is 12.7 Å². The molecule has 5 rings (SSSR count). The number of hydrogen-bond donors (Lipinski definition) is 1. The molecule has 1 saturated carbocycles. The summed E-state index contributed by atoms with van der Waals surface area (Å²) in [4.78, 5) is 16.5. The molecule has 28 heavy (non-hydrogen) atoms. The minimum Gasteiger partial charge on any atom is -0.454 e. The van der Waals surface area contributed by atoms with Crippen LogP contribution in [0.25, 0.3) is 0 Å². The summed E-state index contributed by atoms with van der Waals surface area (Å²) in [5, 5.41) is 11.3. The lowest BCUT2D eigenvalue weighted by Crippen LogP contribution is -2.46. The van der Waals surface area contributed by atoms with E-state index in [9.17, 15) is 4.79 Å². The number of piperazine rings is 1. The van der Waals surface area contributed by atoms with Crippen molar-refractivity contribution in [1.29, 1.82) is 0 Å². The van der Waals surface area contributed by atoms with E-state index >= 15 is 0 Å². The summed E-state index contributed by atoms with van der Waals surface area (Å²) in [7, 11) is 0. The van der Waals surface area contributed by atoms with Crippen LogP contribution >= 0.6 is 0 Å². The minimum absolute atomic E-state index is 0.0548. The van der Waals surface area contributed by atoms with Crippen LogP contribution in [0.5, 0.6) is 11.5 Å². The van der Waals surface area contributed by atoms with Crippen LogP contribution in [0, 0.1) is 5.92 Å². The molecule has 0 radical (unpaired) electrons. The number of nitrogens with one attached hydrogen (secondary N) is 1. The molecule has 8 nitrogen and oxygen atoms in total. The van der Waals surface area contributed by atoms with E-state index in [4.69, 9.17) is 9.47 Å². The maximum Gasteiger partial charge on any atom is 0.231 e. The molecule has 0 spiro atoms. The minimum atomic E-state index is 0.0548. The van der Waals surface area contributed by atoms with Gasteiger partial charge in [-0.25, -0.2) is 0 Å². The number of fused-ring (bicyclic) bond motifs is 1. The van der Waals surface area contributed by atoms with Gasteiger partial charge in [0.1, 0.15) is 0 Å². The van der Waals surface area contributed by atoms with Crippen LogP contribution in [0.2, 0.25) is 0 Å². The van der Waals surface area contributed by atoms with E-state index in [-0.39, 0.29) is 11.8 Å². The van der Waals surface area contributed by atoms with E-state index in [1.807, 2.05) is 18.2 Å². The van der Waals surface area contributed by atoms with Crippen molar-refractivity contribution < 1.29 is 14.3 Å². The average molecular weight is 381 g/mol. The molecule has 1 N–H and O–H groups in total. The predicted octanol–water partition coefficient (Wildman–Crippen LogP) is 1.88. The SMILES string of the molecule is O=C(Nc1ccc(N2CCN(Cc3ccc4c(c3)OCO4)CC2)nn1)C1CC1. The van der Waals surface area contributed by atoms with Crippen molar-refractivity contribution in [3.8, 4) is 11.5 Å². The summed E-state index contributed by atoms with van der Waals surface area (Å²) in [6, 6.07) is 9.91. The Balaban J connectivity index is 1.14. The lowest BCUT2D eigenvalue weighted by atomic mass is 10.1. The van der Waals surface area contributed by atoms with E-state index in [0.29, 0.717) is 12.6 Å². The van der Waals surface area contributed by atoms with Gasteiger partial charge in [-0.3, -0.25) is 9.69 Å². The van der Waals surface area contributed by atoms with Gasteiger partial charge in [-0.2, -0.15) is 0 Å². The van der Waals surface area contributed by atoms with Crippen LogP contribution in [0.15, 0.2) is 30.3 Å². The lowest BCUT2D eigenvalue weighted by Gasteiger charge is -2.35. The number of anilines is 2. The Kier molecular flexibility index (Phi) is 4.48. The molecule has 0 bridgehead atoms. The molecule has 3 aliphatic rings. The second kappa shape index (κ2) is 7.27. The summed E-state index contributed by atoms with van der Waals surface area (Å²) >= 11 is 0. The quantitative estimate of drug-likeness (QED) is 0.847.